The van der Waals surface area contributed by atoms with Crippen molar-refractivity contribution in [2.45, 2.75) is 45.1 Å². The molecule has 0 aromatic heterocycles. The first kappa shape index (κ1) is 10.9. The van der Waals surface area contributed by atoms with Crippen LogP contribution in [0.4, 0.5) is 0 Å². The van der Waals surface area contributed by atoms with Crippen LogP contribution < -0.4 is 0 Å². The highest BCUT2D eigenvalue weighted by atomic mass is 16.3. The van der Waals surface area contributed by atoms with Crippen molar-refractivity contribution in [2.75, 3.05) is 13.1 Å². The summed E-state index contributed by atoms with van der Waals surface area (Å²) < 4.78 is 0. The van der Waals surface area contributed by atoms with Crippen LogP contribution in [0.3, 0.4) is 0 Å². The maximum absolute atomic E-state index is 12.0. The molecular weight excluding hydrogens is 190 g/mol. The number of amides is 1. The van der Waals surface area contributed by atoms with Crippen molar-refractivity contribution < 1.29 is 9.90 Å². The van der Waals surface area contributed by atoms with Crippen LogP contribution in [0.25, 0.3) is 0 Å². The van der Waals surface area contributed by atoms with E-state index in [4.69, 9.17) is 0 Å². The van der Waals surface area contributed by atoms with E-state index in [-0.39, 0.29) is 5.91 Å². The van der Waals surface area contributed by atoms with Crippen molar-refractivity contribution in [3.63, 3.8) is 0 Å². The predicted octanol–water partition coefficient (Wildman–Crippen LogP) is 1.41. The Bertz CT molecular complexity index is 235. The number of aliphatic hydroxyl groups is 1. The molecule has 2 saturated carbocycles. The van der Waals surface area contributed by atoms with Gasteiger partial charge in [0.25, 0.3) is 5.91 Å². The lowest BCUT2D eigenvalue weighted by Gasteiger charge is -2.28. The van der Waals surface area contributed by atoms with Crippen LogP contribution in [0.1, 0.15) is 39.5 Å². The Labute approximate surface area is 91.5 Å². The maximum Gasteiger partial charge on any atom is 0.253 e. The van der Waals surface area contributed by atoms with Crippen molar-refractivity contribution in [3.05, 3.63) is 0 Å². The molecule has 86 valence electrons. The van der Waals surface area contributed by atoms with Crippen LogP contribution in [0.15, 0.2) is 0 Å². The maximum atomic E-state index is 12.0. The van der Waals surface area contributed by atoms with Gasteiger partial charge in [-0.3, -0.25) is 4.79 Å². The average Bonchev–Trinajstić information content (AvgIpc) is 2.92. The first-order chi connectivity index (χ1) is 6.97. The number of hydrogen-bond acceptors (Lipinski definition) is 2. The molecule has 0 aromatic rings. The van der Waals surface area contributed by atoms with Gasteiger partial charge in [0.1, 0.15) is 5.60 Å². The molecule has 0 radical (unpaired) electrons. The average molecular weight is 211 g/mol. The second-order valence-electron chi connectivity index (χ2n) is 5.66. The molecule has 0 atom stereocenters. The summed E-state index contributed by atoms with van der Waals surface area (Å²) >= 11 is 0. The predicted molar refractivity (Wildman–Crippen MR) is 58.3 cm³/mol. The normalized spacial score (nSPS) is 21.5. The Balaban J connectivity index is 1.92. The molecule has 0 aromatic carbocycles. The Morgan fingerprint density at radius 3 is 1.87 bits per heavy atom. The summed E-state index contributed by atoms with van der Waals surface area (Å²) in [6, 6.07) is 0. The minimum Gasteiger partial charge on any atom is -0.381 e. The Morgan fingerprint density at radius 1 is 1.20 bits per heavy atom. The monoisotopic (exact) mass is 211 g/mol. The zero-order chi connectivity index (χ0) is 11.1. The summed E-state index contributed by atoms with van der Waals surface area (Å²) in [5.41, 5.74) is -1.20. The molecular formula is C12H21NO2. The number of carbonyl (C=O) groups is 1. The lowest BCUT2D eigenvalue weighted by Crippen LogP contribution is -2.46. The fraction of sp³-hybridized carbons (Fsp3) is 0.917. The Kier molecular flexibility index (Phi) is 2.75. The van der Waals surface area contributed by atoms with Crippen molar-refractivity contribution in [1.82, 2.24) is 4.90 Å². The molecule has 2 aliphatic rings. The van der Waals surface area contributed by atoms with Crippen molar-refractivity contribution >= 4 is 5.91 Å². The second-order valence-corrected chi connectivity index (χ2v) is 5.66. The summed E-state index contributed by atoms with van der Waals surface area (Å²) in [5, 5.41) is 9.73. The Morgan fingerprint density at radius 2 is 1.60 bits per heavy atom. The molecule has 2 aliphatic carbocycles. The molecule has 2 fully saturated rings. The molecule has 0 aliphatic heterocycles. The van der Waals surface area contributed by atoms with E-state index in [9.17, 15) is 9.90 Å². The van der Waals surface area contributed by atoms with Gasteiger partial charge in [-0.25, -0.2) is 0 Å². The van der Waals surface area contributed by atoms with Crippen molar-refractivity contribution in [3.8, 4) is 0 Å². The SMILES string of the molecule is CC(C)(O)C(=O)N(CC1CC1)CC1CC1. The van der Waals surface area contributed by atoms with Gasteiger partial charge in [-0.1, -0.05) is 0 Å². The van der Waals surface area contributed by atoms with Gasteiger partial charge < -0.3 is 10.0 Å². The number of carbonyl (C=O) groups excluding carboxylic acids is 1. The highest BCUT2D eigenvalue weighted by molar-refractivity contribution is 5.84. The van der Waals surface area contributed by atoms with Crippen LogP contribution in [-0.2, 0) is 4.79 Å². The smallest absolute Gasteiger partial charge is 0.253 e. The van der Waals surface area contributed by atoms with E-state index in [0.29, 0.717) is 11.8 Å². The van der Waals surface area contributed by atoms with Crippen LogP contribution in [0, 0.1) is 11.8 Å². The highest BCUT2D eigenvalue weighted by Crippen LogP contribution is 2.34. The summed E-state index contributed by atoms with van der Waals surface area (Å²) in [6.07, 6.45) is 5.00. The van der Waals surface area contributed by atoms with Gasteiger partial charge >= 0.3 is 0 Å². The minimum absolute atomic E-state index is 0.0960. The van der Waals surface area contributed by atoms with Gasteiger partial charge in [0.05, 0.1) is 0 Å². The van der Waals surface area contributed by atoms with Gasteiger partial charge in [-0.15, -0.1) is 0 Å². The zero-order valence-electron chi connectivity index (χ0n) is 9.70. The quantitative estimate of drug-likeness (QED) is 0.747. The third-order valence-electron chi connectivity index (χ3n) is 3.16. The van der Waals surface area contributed by atoms with Crippen LogP contribution in [0.5, 0.6) is 0 Å². The number of rotatable bonds is 5. The van der Waals surface area contributed by atoms with Gasteiger partial charge in [0.2, 0.25) is 0 Å². The fourth-order valence-corrected chi connectivity index (χ4v) is 1.85. The van der Waals surface area contributed by atoms with E-state index in [1.165, 1.54) is 25.7 Å². The third-order valence-corrected chi connectivity index (χ3v) is 3.16. The van der Waals surface area contributed by atoms with E-state index in [1.807, 2.05) is 4.90 Å². The first-order valence-electron chi connectivity index (χ1n) is 5.98. The largest absolute Gasteiger partial charge is 0.381 e. The molecule has 0 saturated heterocycles. The lowest BCUT2D eigenvalue weighted by atomic mass is 10.1. The van der Waals surface area contributed by atoms with Crippen LogP contribution in [-0.4, -0.2) is 34.6 Å². The topological polar surface area (TPSA) is 40.5 Å². The van der Waals surface area contributed by atoms with E-state index in [1.54, 1.807) is 13.8 Å². The molecule has 0 heterocycles. The molecule has 1 amide bonds. The van der Waals surface area contributed by atoms with E-state index in [0.717, 1.165) is 13.1 Å². The highest BCUT2D eigenvalue weighted by Gasteiger charge is 2.36. The van der Waals surface area contributed by atoms with Gasteiger partial charge in [-0.05, 0) is 51.4 Å². The number of nitrogens with zero attached hydrogens (tertiary/aromatic N) is 1. The Hall–Kier alpha value is -0.570. The molecule has 3 nitrogen and oxygen atoms in total. The van der Waals surface area contributed by atoms with E-state index < -0.39 is 5.60 Å². The van der Waals surface area contributed by atoms with Crippen molar-refractivity contribution in [2.24, 2.45) is 11.8 Å². The molecule has 15 heavy (non-hydrogen) atoms. The van der Waals surface area contributed by atoms with E-state index in [2.05, 4.69) is 0 Å². The molecule has 0 spiro atoms. The third kappa shape index (κ3) is 3.20. The van der Waals surface area contributed by atoms with Crippen LogP contribution >= 0.6 is 0 Å². The fourth-order valence-electron chi connectivity index (χ4n) is 1.85. The van der Waals surface area contributed by atoms with Gasteiger partial charge in [-0.2, -0.15) is 0 Å². The second kappa shape index (κ2) is 3.78. The first-order valence-corrected chi connectivity index (χ1v) is 5.98. The summed E-state index contributed by atoms with van der Waals surface area (Å²) in [4.78, 5) is 13.9. The van der Waals surface area contributed by atoms with Gasteiger partial charge in [0.15, 0.2) is 0 Å². The molecule has 0 unspecified atom stereocenters. The summed E-state index contributed by atoms with van der Waals surface area (Å²) in [5.74, 6) is 1.31. The van der Waals surface area contributed by atoms with E-state index >= 15 is 0 Å². The summed E-state index contributed by atoms with van der Waals surface area (Å²) in [6.45, 7) is 4.89. The summed E-state index contributed by atoms with van der Waals surface area (Å²) in [7, 11) is 0. The zero-order valence-corrected chi connectivity index (χ0v) is 9.70. The molecule has 1 N–H and O–H groups in total. The minimum atomic E-state index is -1.20. The molecule has 2 rings (SSSR count). The molecule has 3 heteroatoms. The standard InChI is InChI=1S/C12H21NO2/c1-12(2,15)11(14)13(7-9-3-4-9)8-10-5-6-10/h9-10,15H,3-8H2,1-2H3. The molecule has 0 bridgehead atoms. The number of hydrogen-bond donors (Lipinski definition) is 1. The van der Waals surface area contributed by atoms with Gasteiger partial charge in [0, 0.05) is 13.1 Å². The lowest BCUT2D eigenvalue weighted by molar-refractivity contribution is -0.148. The van der Waals surface area contributed by atoms with Crippen molar-refractivity contribution in [1.29, 1.82) is 0 Å². The van der Waals surface area contributed by atoms with Crippen LogP contribution in [0.2, 0.25) is 0 Å².